The van der Waals surface area contributed by atoms with Gasteiger partial charge < -0.3 is 19.1 Å². The maximum atomic E-state index is 14.3. The first-order valence-electron chi connectivity index (χ1n) is 14.0. The number of carbonyl (C=O) groups excluding carboxylic acids is 3. The van der Waals surface area contributed by atoms with Gasteiger partial charge in [0.25, 0.3) is 5.91 Å². The topological polar surface area (TPSA) is 71.9 Å². The molecule has 3 heterocycles. The van der Waals surface area contributed by atoms with Gasteiger partial charge in [-0.2, -0.15) is 0 Å². The van der Waals surface area contributed by atoms with Gasteiger partial charge in [-0.25, -0.2) is 0 Å². The largest absolute Gasteiger partial charge is 0.496 e. The number of amides is 2. The summed E-state index contributed by atoms with van der Waals surface area (Å²) in [5.41, 5.74) is 5.79. The zero-order chi connectivity index (χ0) is 28.1. The van der Waals surface area contributed by atoms with Crippen LogP contribution in [0.15, 0.2) is 43.0 Å². The number of hydrogen-bond acceptors (Lipinski definition) is 4. The minimum absolute atomic E-state index is 0.00851. The number of carbonyl (C=O) groups is 3. The number of aromatic nitrogens is 1. The maximum absolute atomic E-state index is 14.3. The van der Waals surface area contributed by atoms with Crippen molar-refractivity contribution in [2.45, 2.75) is 51.6 Å². The van der Waals surface area contributed by atoms with Gasteiger partial charge in [0.2, 0.25) is 5.91 Å². The Morgan fingerprint density at radius 3 is 2.62 bits per heavy atom. The van der Waals surface area contributed by atoms with Gasteiger partial charge in [0, 0.05) is 66.1 Å². The molecule has 1 aliphatic carbocycles. The summed E-state index contributed by atoms with van der Waals surface area (Å²) in [7, 11) is 1.68. The molecule has 0 unspecified atom stereocenters. The molecule has 1 saturated heterocycles. The molecule has 3 aromatic rings. The van der Waals surface area contributed by atoms with Crippen LogP contribution >= 0.6 is 11.6 Å². The highest BCUT2D eigenvalue weighted by atomic mass is 35.5. The van der Waals surface area contributed by atoms with Crippen LogP contribution < -0.4 is 4.74 Å². The van der Waals surface area contributed by atoms with E-state index < -0.39 is 0 Å². The first-order valence-corrected chi connectivity index (χ1v) is 14.4. The number of nitrogens with zero attached hydrogens (tertiary/aromatic N) is 3. The van der Waals surface area contributed by atoms with Crippen molar-refractivity contribution in [3.8, 4) is 5.75 Å². The van der Waals surface area contributed by atoms with E-state index in [0.717, 1.165) is 58.3 Å². The summed E-state index contributed by atoms with van der Waals surface area (Å²) in [5.74, 6) is 1.28. The van der Waals surface area contributed by atoms with E-state index in [0.29, 0.717) is 43.2 Å². The SMILES string of the molecule is C=CC(=O)N1CC(CC(=O)Cn2c(C3CC3)c(C(=O)N3CCc4c(cccc4OC)C3)c3cc(Cl)cc(C)c32)C1. The van der Waals surface area contributed by atoms with Crippen LogP contribution in [0.1, 0.15) is 57.9 Å². The Bertz CT molecular complexity index is 1550. The number of methoxy groups -OCH3 is 1. The Balaban J connectivity index is 1.34. The van der Waals surface area contributed by atoms with Crippen LogP contribution in [-0.4, -0.2) is 58.7 Å². The Morgan fingerprint density at radius 2 is 1.93 bits per heavy atom. The molecule has 1 saturated carbocycles. The molecule has 0 spiro atoms. The lowest BCUT2D eigenvalue weighted by molar-refractivity contribution is -0.134. The molecule has 208 valence electrons. The van der Waals surface area contributed by atoms with Gasteiger partial charge in [0.05, 0.1) is 24.7 Å². The predicted molar refractivity (Wildman–Crippen MR) is 155 cm³/mol. The van der Waals surface area contributed by atoms with Crippen molar-refractivity contribution in [3.05, 3.63) is 76.0 Å². The second-order valence-corrected chi connectivity index (χ2v) is 11.8. The number of rotatable bonds is 8. The van der Waals surface area contributed by atoms with Crippen LogP contribution in [0.5, 0.6) is 5.75 Å². The molecule has 7 nitrogen and oxygen atoms in total. The van der Waals surface area contributed by atoms with Crippen LogP contribution in [0, 0.1) is 12.8 Å². The van der Waals surface area contributed by atoms with E-state index in [4.69, 9.17) is 16.3 Å². The highest BCUT2D eigenvalue weighted by Crippen LogP contribution is 2.47. The van der Waals surface area contributed by atoms with Crippen molar-refractivity contribution in [1.29, 1.82) is 0 Å². The number of Topliss-reactive ketones (excluding diaryl/α,β-unsaturated/α-hetero) is 1. The van der Waals surface area contributed by atoms with Gasteiger partial charge in [-0.1, -0.05) is 30.3 Å². The van der Waals surface area contributed by atoms with E-state index in [1.807, 2.05) is 36.1 Å². The number of ketones is 1. The highest BCUT2D eigenvalue weighted by Gasteiger charge is 2.38. The average Bonchev–Trinajstić information content (AvgIpc) is 3.71. The van der Waals surface area contributed by atoms with Gasteiger partial charge in [0.1, 0.15) is 5.75 Å². The fraction of sp³-hybridized carbons (Fsp3) is 0.406. The Morgan fingerprint density at radius 1 is 1.15 bits per heavy atom. The first-order chi connectivity index (χ1) is 19.3. The average molecular weight is 560 g/mol. The standard InChI is InChI=1S/C32H34ClN3O4/c1-4-28(38)35-15-20(16-35)13-24(37)18-36-30-19(2)12-23(33)14-26(30)29(31(36)21-8-9-21)32(39)34-11-10-25-22(17-34)6-5-7-27(25)40-3/h4-7,12,14,20-21H,1,8-11,13,15-18H2,2-3H3. The molecule has 40 heavy (non-hydrogen) atoms. The minimum Gasteiger partial charge on any atom is -0.496 e. The van der Waals surface area contributed by atoms with E-state index in [1.165, 1.54) is 6.08 Å². The van der Waals surface area contributed by atoms with Gasteiger partial charge in [-0.3, -0.25) is 14.4 Å². The third-order valence-corrected chi connectivity index (χ3v) is 8.77. The molecule has 2 fully saturated rings. The molecule has 6 rings (SSSR count). The lowest BCUT2D eigenvalue weighted by Crippen LogP contribution is -2.50. The first kappa shape index (κ1) is 26.6. The van der Waals surface area contributed by atoms with Crippen LogP contribution in [0.3, 0.4) is 0 Å². The Kier molecular flexibility index (Phi) is 6.95. The molecular weight excluding hydrogens is 526 g/mol. The number of ether oxygens (including phenoxy) is 1. The van der Waals surface area contributed by atoms with Crippen molar-refractivity contribution in [1.82, 2.24) is 14.4 Å². The van der Waals surface area contributed by atoms with Crippen molar-refractivity contribution in [3.63, 3.8) is 0 Å². The molecule has 0 N–H and O–H groups in total. The van der Waals surface area contributed by atoms with Crippen molar-refractivity contribution >= 4 is 40.1 Å². The number of fused-ring (bicyclic) bond motifs is 2. The smallest absolute Gasteiger partial charge is 0.256 e. The normalized spacial score (nSPS) is 17.0. The molecule has 2 aromatic carbocycles. The molecule has 0 radical (unpaired) electrons. The predicted octanol–water partition coefficient (Wildman–Crippen LogP) is 5.29. The highest BCUT2D eigenvalue weighted by molar-refractivity contribution is 6.31. The Hall–Kier alpha value is -3.58. The van der Waals surface area contributed by atoms with E-state index in [1.54, 1.807) is 12.0 Å². The van der Waals surface area contributed by atoms with Crippen molar-refractivity contribution in [2.24, 2.45) is 5.92 Å². The zero-order valence-corrected chi connectivity index (χ0v) is 23.8. The van der Waals surface area contributed by atoms with Crippen LogP contribution in [0.2, 0.25) is 5.02 Å². The van der Waals surface area contributed by atoms with Crippen LogP contribution in [-0.2, 0) is 29.1 Å². The van der Waals surface area contributed by atoms with Crippen molar-refractivity contribution < 1.29 is 19.1 Å². The summed E-state index contributed by atoms with van der Waals surface area (Å²) in [4.78, 5) is 43.1. The second-order valence-electron chi connectivity index (χ2n) is 11.4. The number of likely N-dealkylation sites (tertiary alicyclic amines) is 1. The quantitative estimate of drug-likeness (QED) is 0.352. The van der Waals surface area contributed by atoms with Crippen molar-refractivity contribution in [2.75, 3.05) is 26.7 Å². The van der Waals surface area contributed by atoms with E-state index in [2.05, 4.69) is 17.2 Å². The molecule has 2 aliphatic heterocycles. The summed E-state index contributed by atoms with van der Waals surface area (Å²) >= 11 is 6.54. The summed E-state index contributed by atoms with van der Waals surface area (Å²) in [6.45, 7) is 8.03. The van der Waals surface area contributed by atoms with E-state index >= 15 is 0 Å². The minimum atomic E-state index is -0.0921. The second kappa shape index (κ2) is 10.4. The third kappa shape index (κ3) is 4.70. The van der Waals surface area contributed by atoms with E-state index in [-0.39, 0.29) is 36.0 Å². The number of benzene rings is 2. The molecule has 2 amide bonds. The fourth-order valence-electron chi connectivity index (χ4n) is 6.52. The number of hydrogen-bond donors (Lipinski definition) is 0. The summed E-state index contributed by atoms with van der Waals surface area (Å²) < 4.78 is 7.66. The van der Waals surface area contributed by atoms with Gasteiger partial charge in [0.15, 0.2) is 5.78 Å². The zero-order valence-electron chi connectivity index (χ0n) is 23.0. The molecule has 3 aliphatic rings. The summed E-state index contributed by atoms with van der Waals surface area (Å²) in [6.07, 6.45) is 4.45. The molecule has 1 aromatic heterocycles. The van der Waals surface area contributed by atoms with Gasteiger partial charge in [-0.15, -0.1) is 0 Å². The maximum Gasteiger partial charge on any atom is 0.256 e. The van der Waals surface area contributed by atoms with Crippen LogP contribution in [0.25, 0.3) is 10.9 Å². The van der Waals surface area contributed by atoms with E-state index in [9.17, 15) is 14.4 Å². The molecule has 0 atom stereocenters. The van der Waals surface area contributed by atoms with Gasteiger partial charge in [-0.05, 0) is 61.6 Å². The molecule has 8 heteroatoms. The number of halogens is 1. The lowest BCUT2D eigenvalue weighted by Gasteiger charge is -2.38. The third-order valence-electron chi connectivity index (χ3n) is 8.55. The Labute approximate surface area is 239 Å². The van der Waals surface area contributed by atoms with Gasteiger partial charge >= 0.3 is 0 Å². The van der Waals surface area contributed by atoms with Crippen LogP contribution in [0.4, 0.5) is 0 Å². The molecular formula is C32H34ClN3O4. The fourth-order valence-corrected chi connectivity index (χ4v) is 6.79. The summed E-state index contributed by atoms with van der Waals surface area (Å²) in [6, 6.07) is 9.79. The molecule has 0 bridgehead atoms. The monoisotopic (exact) mass is 559 g/mol. The summed E-state index contributed by atoms with van der Waals surface area (Å²) in [5, 5.41) is 1.41. The lowest BCUT2D eigenvalue weighted by atomic mass is 9.94. The number of aryl methyl sites for hydroxylation is 1.